The number of methoxy groups -OCH3 is 1. The molecule has 0 atom stereocenters. The molecule has 0 radical (unpaired) electrons. The van der Waals surface area contributed by atoms with E-state index in [4.69, 9.17) is 4.74 Å². The van der Waals surface area contributed by atoms with Gasteiger partial charge in [0.25, 0.3) is 0 Å². The largest absolute Gasteiger partial charge is 0.495 e. The van der Waals surface area contributed by atoms with Crippen molar-refractivity contribution in [2.24, 2.45) is 0 Å². The van der Waals surface area contributed by atoms with E-state index in [9.17, 15) is 4.79 Å². The van der Waals surface area contributed by atoms with Gasteiger partial charge in [-0.1, -0.05) is 29.8 Å². The van der Waals surface area contributed by atoms with Crippen molar-refractivity contribution in [1.82, 2.24) is 0 Å². The lowest BCUT2D eigenvalue weighted by Gasteiger charge is -2.22. The molecule has 4 heteroatoms. The summed E-state index contributed by atoms with van der Waals surface area (Å²) in [4.78, 5) is 12.0. The molecule has 0 heterocycles. The number of anilines is 1. The van der Waals surface area contributed by atoms with E-state index in [1.807, 2.05) is 40.7 Å². The zero-order valence-electron chi connectivity index (χ0n) is 11.6. The Labute approximate surface area is 123 Å². The molecule has 0 spiro atoms. The van der Waals surface area contributed by atoms with Crippen molar-refractivity contribution >= 4 is 23.9 Å². The lowest BCUT2D eigenvalue weighted by Crippen LogP contribution is -2.17. The van der Waals surface area contributed by atoms with E-state index in [1.165, 1.54) is 17.5 Å². The highest BCUT2D eigenvalue weighted by atomic mass is 32.2. The summed E-state index contributed by atoms with van der Waals surface area (Å²) in [7, 11) is 1.63. The number of hydrogen-bond acceptors (Lipinski definition) is 4. The van der Waals surface area contributed by atoms with E-state index in [1.54, 1.807) is 7.11 Å². The molecule has 0 aliphatic carbocycles. The van der Waals surface area contributed by atoms with Gasteiger partial charge in [0.1, 0.15) is 12.0 Å². The first-order valence-corrected chi connectivity index (χ1v) is 7.10. The van der Waals surface area contributed by atoms with Crippen molar-refractivity contribution in [1.29, 1.82) is 0 Å². The zero-order valence-corrected chi connectivity index (χ0v) is 12.4. The standard InChI is InChI=1S/C16H17NO2S/c1-13-7-9-14(10-8-13)20-17(11-12-18)15-5-3-4-6-16(15)19-2/h3-10,12H,11H2,1-2H3. The lowest BCUT2D eigenvalue weighted by atomic mass is 10.2. The minimum atomic E-state index is 0.304. The smallest absolute Gasteiger partial charge is 0.143 e. The number of carbonyl (C=O) groups excluding carboxylic acids is 1. The molecular weight excluding hydrogens is 270 g/mol. The van der Waals surface area contributed by atoms with Crippen LogP contribution in [0, 0.1) is 6.92 Å². The number of benzene rings is 2. The molecular formula is C16H17NO2S. The molecule has 0 aliphatic heterocycles. The van der Waals surface area contributed by atoms with Crippen LogP contribution in [0.2, 0.25) is 0 Å². The van der Waals surface area contributed by atoms with Crippen molar-refractivity contribution in [3.05, 3.63) is 54.1 Å². The third-order valence-electron chi connectivity index (χ3n) is 2.83. The second-order valence-corrected chi connectivity index (χ2v) is 5.40. The summed E-state index contributed by atoms with van der Waals surface area (Å²) < 4.78 is 7.29. The fraction of sp³-hybridized carbons (Fsp3) is 0.188. The second kappa shape index (κ2) is 7.01. The van der Waals surface area contributed by atoms with Crippen LogP contribution in [0.25, 0.3) is 0 Å². The Hall–Kier alpha value is -1.94. The average molecular weight is 287 g/mol. The number of aryl methyl sites for hydroxylation is 1. The monoisotopic (exact) mass is 287 g/mol. The van der Waals surface area contributed by atoms with E-state index in [0.29, 0.717) is 6.54 Å². The number of carbonyl (C=O) groups is 1. The van der Waals surface area contributed by atoms with Crippen molar-refractivity contribution in [2.45, 2.75) is 11.8 Å². The van der Waals surface area contributed by atoms with Gasteiger partial charge in [-0.15, -0.1) is 0 Å². The summed E-state index contributed by atoms with van der Waals surface area (Å²) in [5.74, 6) is 0.758. The van der Waals surface area contributed by atoms with Gasteiger partial charge in [-0.3, -0.25) is 0 Å². The summed E-state index contributed by atoms with van der Waals surface area (Å²) >= 11 is 1.53. The maximum absolute atomic E-state index is 10.9. The van der Waals surface area contributed by atoms with E-state index >= 15 is 0 Å². The fourth-order valence-electron chi connectivity index (χ4n) is 1.81. The second-order valence-electron chi connectivity index (χ2n) is 4.30. The summed E-state index contributed by atoms with van der Waals surface area (Å²) in [6.45, 7) is 2.36. The average Bonchev–Trinajstić information content (AvgIpc) is 2.49. The molecule has 20 heavy (non-hydrogen) atoms. The summed E-state index contributed by atoms with van der Waals surface area (Å²) in [5, 5.41) is 0. The van der Waals surface area contributed by atoms with Gasteiger partial charge in [0, 0.05) is 4.90 Å². The van der Waals surface area contributed by atoms with Crippen LogP contribution in [0.4, 0.5) is 5.69 Å². The molecule has 2 aromatic carbocycles. The van der Waals surface area contributed by atoms with E-state index in [2.05, 4.69) is 19.1 Å². The molecule has 0 saturated carbocycles. The van der Waals surface area contributed by atoms with E-state index in [0.717, 1.165) is 22.6 Å². The molecule has 2 rings (SSSR count). The lowest BCUT2D eigenvalue weighted by molar-refractivity contribution is -0.106. The first-order chi connectivity index (χ1) is 9.74. The molecule has 0 bridgehead atoms. The van der Waals surface area contributed by atoms with Crippen molar-refractivity contribution in [3.8, 4) is 5.75 Å². The Morgan fingerprint density at radius 1 is 1.15 bits per heavy atom. The van der Waals surface area contributed by atoms with Gasteiger partial charge in [-0.25, -0.2) is 0 Å². The van der Waals surface area contributed by atoms with Crippen molar-refractivity contribution in [3.63, 3.8) is 0 Å². The number of rotatable bonds is 6. The van der Waals surface area contributed by atoms with Gasteiger partial charge >= 0.3 is 0 Å². The predicted octanol–water partition coefficient (Wildman–Crippen LogP) is 3.72. The topological polar surface area (TPSA) is 29.5 Å². The Balaban J connectivity index is 2.26. The minimum Gasteiger partial charge on any atom is -0.495 e. The molecule has 0 amide bonds. The number of hydrogen-bond donors (Lipinski definition) is 0. The maximum atomic E-state index is 10.9. The molecule has 0 unspecified atom stereocenters. The highest BCUT2D eigenvalue weighted by Crippen LogP contribution is 2.34. The van der Waals surface area contributed by atoms with Gasteiger partial charge < -0.3 is 13.8 Å². The summed E-state index contributed by atoms with van der Waals surface area (Å²) in [6.07, 6.45) is 0.896. The van der Waals surface area contributed by atoms with Gasteiger partial charge in [0.05, 0.1) is 19.3 Å². The predicted molar refractivity (Wildman–Crippen MR) is 83.4 cm³/mol. The Kier molecular flexibility index (Phi) is 5.07. The number of nitrogens with zero attached hydrogens (tertiary/aromatic N) is 1. The Bertz CT molecular complexity index is 569. The molecule has 0 saturated heterocycles. The van der Waals surface area contributed by atoms with Crippen LogP contribution in [0.3, 0.4) is 0 Å². The van der Waals surface area contributed by atoms with E-state index in [-0.39, 0.29) is 0 Å². The molecule has 0 N–H and O–H groups in total. The minimum absolute atomic E-state index is 0.304. The van der Waals surface area contributed by atoms with Crippen LogP contribution in [0.5, 0.6) is 5.75 Å². The zero-order chi connectivity index (χ0) is 14.4. The SMILES string of the molecule is COc1ccccc1N(CC=O)Sc1ccc(C)cc1. The van der Waals surface area contributed by atoms with Crippen LogP contribution in [0.1, 0.15) is 5.56 Å². The quantitative estimate of drug-likeness (QED) is 0.598. The van der Waals surface area contributed by atoms with Crippen LogP contribution in [0.15, 0.2) is 53.4 Å². The van der Waals surface area contributed by atoms with Crippen LogP contribution in [-0.2, 0) is 4.79 Å². The molecule has 0 aromatic heterocycles. The third-order valence-corrected chi connectivity index (χ3v) is 3.88. The summed E-state index contributed by atoms with van der Waals surface area (Å²) in [5.41, 5.74) is 2.11. The molecule has 0 fully saturated rings. The summed E-state index contributed by atoms with van der Waals surface area (Å²) in [6, 6.07) is 15.9. The Morgan fingerprint density at radius 3 is 2.50 bits per heavy atom. The first kappa shape index (κ1) is 14.5. The van der Waals surface area contributed by atoms with Crippen LogP contribution >= 0.6 is 11.9 Å². The van der Waals surface area contributed by atoms with Crippen LogP contribution in [-0.4, -0.2) is 19.9 Å². The number of aldehydes is 1. The maximum Gasteiger partial charge on any atom is 0.143 e. The highest BCUT2D eigenvalue weighted by molar-refractivity contribution is 8.00. The first-order valence-electron chi connectivity index (χ1n) is 6.33. The number of ether oxygens (including phenoxy) is 1. The van der Waals surface area contributed by atoms with Crippen molar-refractivity contribution < 1.29 is 9.53 Å². The normalized spacial score (nSPS) is 10.1. The van der Waals surface area contributed by atoms with Gasteiger partial charge in [-0.05, 0) is 43.1 Å². The fourth-order valence-corrected chi connectivity index (χ4v) is 2.71. The van der Waals surface area contributed by atoms with Gasteiger partial charge in [0.2, 0.25) is 0 Å². The highest BCUT2D eigenvalue weighted by Gasteiger charge is 2.12. The van der Waals surface area contributed by atoms with Crippen LogP contribution < -0.4 is 9.04 Å². The van der Waals surface area contributed by atoms with E-state index < -0.39 is 0 Å². The molecule has 3 nitrogen and oxygen atoms in total. The number of para-hydroxylation sites is 2. The van der Waals surface area contributed by atoms with Gasteiger partial charge in [0.15, 0.2) is 0 Å². The molecule has 0 aliphatic rings. The molecule has 104 valence electrons. The van der Waals surface area contributed by atoms with Gasteiger partial charge in [-0.2, -0.15) is 0 Å². The third kappa shape index (κ3) is 3.54. The molecule has 2 aromatic rings. The van der Waals surface area contributed by atoms with Crippen molar-refractivity contribution in [2.75, 3.05) is 18.0 Å². The Morgan fingerprint density at radius 2 is 1.85 bits per heavy atom.